The fourth-order valence-corrected chi connectivity index (χ4v) is 3.04. The van der Waals surface area contributed by atoms with Crippen LogP contribution in [0.4, 0.5) is 0 Å². The van der Waals surface area contributed by atoms with Crippen molar-refractivity contribution in [1.82, 2.24) is 24.1 Å². The van der Waals surface area contributed by atoms with Gasteiger partial charge in [0.2, 0.25) is 0 Å². The molecule has 0 unspecified atom stereocenters. The van der Waals surface area contributed by atoms with Gasteiger partial charge in [0.25, 0.3) is 0 Å². The summed E-state index contributed by atoms with van der Waals surface area (Å²) in [4.78, 5) is 12.0. The zero-order valence-corrected chi connectivity index (χ0v) is 12.4. The Bertz CT molecular complexity index is 1130. The third kappa shape index (κ3) is 1.69. The van der Waals surface area contributed by atoms with Crippen molar-refractivity contribution in [3.05, 3.63) is 55.7 Å². The molecule has 0 aliphatic rings. The fourth-order valence-electron chi connectivity index (χ4n) is 3.04. The number of aromatic nitrogens is 5. The monoisotopic (exact) mass is 303 g/mol. The Kier molecular flexibility index (Phi) is 2.33. The molecule has 0 fully saturated rings. The molecule has 1 N–H and O–H groups in total. The third-order valence-corrected chi connectivity index (χ3v) is 4.09. The van der Waals surface area contributed by atoms with Crippen LogP contribution >= 0.6 is 0 Å². The first-order valence-corrected chi connectivity index (χ1v) is 7.30. The normalized spacial score (nSPS) is 11.7. The van der Waals surface area contributed by atoms with Gasteiger partial charge in [-0.3, -0.25) is 0 Å². The molecule has 0 bridgehead atoms. The Morgan fingerprint density at radius 3 is 2.87 bits per heavy atom. The van der Waals surface area contributed by atoms with E-state index >= 15 is 0 Å². The molecule has 0 aliphatic heterocycles. The Hall–Kier alpha value is -3.28. The fraction of sp³-hybridized carbons (Fsp3) is 0.0588. The van der Waals surface area contributed by atoms with Crippen LogP contribution in [0.15, 0.2) is 60.1 Å². The van der Waals surface area contributed by atoms with E-state index in [2.05, 4.69) is 27.1 Å². The highest BCUT2D eigenvalue weighted by atomic mass is 16.3. The number of aryl methyl sites for hydroxylation is 1. The molecule has 5 aromatic rings. The van der Waals surface area contributed by atoms with Gasteiger partial charge in [0, 0.05) is 36.4 Å². The number of rotatable bonds is 2. The highest BCUT2D eigenvalue weighted by Gasteiger charge is 2.17. The maximum absolute atomic E-state index is 5.77. The van der Waals surface area contributed by atoms with Crippen LogP contribution in [0.3, 0.4) is 0 Å². The maximum Gasteiger partial charge on any atom is 0.177 e. The van der Waals surface area contributed by atoms with Crippen molar-refractivity contribution in [2.45, 2.75) is 0 Å². The van der Waals surface area contributed by atoms with E-state index in [0.29, 0.717) is 0 Å². The van der Waals surface area contributed by atoms with Crippen LogP contribution in [-0.4, -0.2) is 24.1 Å². The molecule has 0 spiro atoms. The Balaban J connectivity index is 1.83. The molecule has 6 nitrogen and oxygen atoms in total. The van der Waals surface area contributed by atoms with Crippen LogP contribution in [0.5, 0.6) is 0 Å². The maximum atomic E-state index is 5.77. The van der Waals surface area contributed by atoms with Gasteiger partial charge in [-0.1, -0.05) is 12.1 Å². The Morgan fingerprint density at radius 2 is 2.09 bits per heavy atom. The first-order chi connectivity index (χ1) is 11.3. The van der Waals surface area contributed by atoms with Gasteiger partial charge in [0.15, 0.2) is 5.76 Å². The summed E-state index contributed by atoms with van der Waals surface area (Å²) in [5.74, 6) is 0.758. The Labute approximate surface area is 131 Å². The summed E-state index contributed by atoms with van der Waals surface area (Å²) >= 11 is 0. The number of para-hydroxylation sites is 1. The minimum Gasteiger partial charge on any atom is -0.460 e. The van der Waals surface area contributed by atoms with E-state index in [-0.39, 0.29) is 0 Å². The number of hydrogen-bond donors (Lipinski definition) is 1. The second kappa shape index (κ2) is 4.36. The molecule has 0 saturated heterocycles. The van der Waals surface area contributed by atoms with Crippen molar-refractivity contribution >= 4 is 21.8 Å². The number of H-pyrrole nitrogens is 1. The van der Waals surface area contributed by atoms with Gasteiger partial charge in [0.05, 0.1) is 29.4 Å². The van der Waals surface area contributed by atoms with Crippen molar-refractivity contribution in [3.63, 3.8) is 0 Å². The van der Waals surface area contributed by atoms with Gasteiger partial charge in [-0.25, -0.2) is 9.97 Å². The van der Waals surface area contributed by atoms with E-state index in [1.165, 1.54) is 0 Å². The van der Waals surface area contributed by atoms with Crippen LogP contribution < -0.4 is 0 Å². The quantitative estimate of drug-likeness (QED) is 0.543. The highest BCUT2D eigenvalue weighted by Crippen LogP contribution is 2.36. The van der Waals surface area contributed by atoms with Crippen molar-refractivity contribution in [1.29, 1.82) is 0 Å². The molecule has 0 radical (unpaired) electrons. The standard InChI is InChI=1S/C17H13N5O/c1-21-7-13(19-10-21)17-16-12(8-23-17)11-3-2-4-14(15(11)20-16)22-6-5-18-9-22/h2-10,20H,1H3. The number of furan rings is 1. The van der Waals surface area contributed by atoms with Crippen molar-refractivity contribution in [2.24, 2.45) is 7.05 Å². The van der Waals surface area contributed by atoms with Crippen LogP contribution in [0.2, 0.25) is 0 Å². The van der Waals surface area contributed by atoms with E-state index in [1.807, 2.05) is 34.6 Å². The Morgan fingerprint density at radius 1 is 1.13 bits per heavy atom. The van der Waals surface area contributed by atoms with Crippen LogP contribution in [0, 0.1) is 0 Å². The lowest BCUT2D eigenvalue weighted by Gasteiger charge is -2.03. The van der Waals surface area contributed by atoms with E-state index in [9.17, 15) is 0 Å². The molecular formula is C17H13N5O. The summed E-state index contributed by atoms with van der Waals surface area (Å²) in [7, 11) is 1.94. The summed E-state index contributed by atoms with van der Waals surface area (Å²) in [5, 5.41) is 2.18. The summed E-state index contributed by atoms with van der Waals surface area (Å²) in [6.07, 6.45) is 11.0. The number of nitrogens with zero attached hydrogens (tertiary/aromatic N) is 4. The van der Waals surface area contributed by atoms with Crippen molar-refractivity contribution < 1.29 is 4.42 Å². The van der Waals surface area contributed by atoms with Gasteiger partial charge >= 0.3 is 0 Å². The highest BCUT2D eigenvalue weighted by molar-refractivity contribution is 6.12. The number of nitrogens with one attached hydrogen (secondary N) is 1. The first-order valence-electron chi connectivity index (χ1n) is 7.30. The summed E-state index contributed by atoms with van der Waals surface area (Å²) in [6, 6.07) is 6.20. The number of fused-ring (bicyclic) bond motifs is 3. The smallest absolute Gasteiger partial charge is 0.177 e. The topological polar surface area (TPSA) is 64.6 Å². The average Bonchev–Trinajstić information content (AvgIpc) is 3.31. The lowest BCUT2D eigenvalue weighted by atomic mass is 10.2. The molecule has 4 heterocycles. The molecule has 0 aliphatic carbocycles. The zero-order chi connectivity index (χ0) is 15.4. The average molecular weight is 303 g/mol. The van der Waals surface area contributed by atoms with Gasteiger partial charge in [-0.05, 0) is 6.07 Å². The van der Waals surface area contributed by atoms with E-state index in [1.54, 1.807) is 25.1 Å². The molecule has 4 aromatic heterocycles. The molecule has 0 amide bonds. The van der Waals surface area contributed by atoms with E-state index in [0.717, 1.165) is 38.9 Å². The second-order valence-corrected chi connectivity index (χ2v) is 5.57. The largest absolute Gasteiger partial charge is 0.460 e. The summed E-state index contributed by atoms with van der Waals surface area (Å²) < 4.78 is 9.67. The lowest BCUT2D eigenvalue weighted by molar-refractivity contribution is 0.584. The molecule has 5 rings (SSSR count). The number of aromatic amines is 1. The molecule has 0 saturated carbocycles. The predicted molar refractivity (Wildman–Crippen MR) is 87.4 cm³/mol. The summed E-state index contributed by atoms with van der Waals surface area (Å²) in [6.45, 7) is 0. The van der Waals surface area contributed by atoms with E-state index in [4.69, 9.17) is 4.42 Å². The molecule has 6 heteroatoms. The minimum absolute atomic E-state index is 0.758. The van der Waals surface area contributed by atoms with Crippen molar-refractivity contribution in [2.75, 3.05) is 0 Å². The number of hydrogen-bond acceptors (Lipinski definition) is 3. The molecule has 112 valence electrons. The van der Waals surface area contributed by atoms with Crippen molar-refractivity contribution in [3.8, 4) is 17.1 Å². The van der Waals surface area contributed by atoms with Crippen LogP contribution in [-0.2, 0) is 7.05 Å². The molecule has 0 atom stereocenters. The van der Waals surface area contributed by atoms with Crippen LogP contribution in [0.1, 0.15) is 0 Å². The van der Waals surface area contributed by atoms with Gasteiger partial charge in [-0.15, -0.1) is 0 Å². The van der Waals surface area contributed by atoms with E-state index < -0.39 is 0 Å². The lowest BCUT2D eigenvalue weighted by Crippen LogP contribution is -1.90. The van der Waals surface area contributed by atoms with Gasteiger partial charge in [0.1, 0.15) is 12.0 Å². The zero-order valence-electron chi connectivity index (χ0n) is 12.4. The van der Waals surface area contributed by atoms with Crippen LogP contribution in [0.25, 0.3) is 38.9 Å². The third-order valence-electron chi connectivity index (χ3n) is 4.09. The predicted octanol–water partition coefficient (Wildman–Crippen LogP) is 3.50. The number of benzene rings is 1. The minimum atomic E-state index is 0.758. The SMILES string of the molecule is Cn1cnc(-c2occ3c2[nH]c2c(-n4ccnc4)cccc23)c1. The van der Waals surface area contributed by atoms with Gasteiger partial charge in [-0.2, -0.15) is 0 Å². The summed E-state index contributed by atoms with van der Waals surface area (Å²) in [5.41, 5.74) is 3.90. The molecule has 23 heavy (non-hydrogen) atoms. The second-order valence-electron chi connectivity index (χ2n) is 5.57. The first kappa shape index (κ1) is 12.3. The molecule has 1 aromatic carbocycles. The van der Waals surface area contributed by atoms with Gasteiger partial charge < -0.3 is 18.5 Å². The molecular weight excluding hydrogens is 290 g/mol. The number of imidazole rings is 2.